The first-order valence-electron chi connectivity index (χ1n) is 3.59. The standard InChI is InChI=1S/C9H8O4.Ca/c10-8(11)7(9(12)13)6-4-2-1-3-5-6;/h1-5,7H,(H,10,11)(H,12,13);/q;+2/p-2. The van der Waals surface area contributed by atoms with Crippen molar-refractivity contribution in [2.24, 2.45) is 0 Å². The Hall–Kier alpha value is -0.580. The van der Waals surface area contributed by atoms with E-state index in [1.54, 1.807) is 18.2 Å². The minimum Gasteiger partial charge on any atom is -0.549 e. The molecular formula is C9H6CaO4. The van der Waals surface area contributed by atoms with Gasteiger partial charge < -0.3 is 19.8 Å². The van der Waals surface area contributed by atoms with Crippen LogP contribution in [-0.4, -0.2) is 49.7 Å². The molecule has 14 heavy (non-hydrogen) atoms. The minimum atomic E-state index is -1.69. The van der Waals surface area contributed by atoms with E-state index in [1.807, 2.05) is 0 Å². The summed E-state index contributed by atoms with van der Waals surface area (Å²) in [5.74, 6) is -5.02. The smallest absolute Gasteiger partial charge is 0.549 e. The Morgan fingerprint density at radius 1 is 1.00 bits per heavy atom. The van der Waals surface area contributed by atoms with E-state index in [0.29, 0.717) is 0 Å². The average molecular weight is 218 g/mol. The molecule has 68 valence electrons. The molecule has 0 spiro atoms. The molecule has 0 radical (unpaired) electrons. The summed E-state index contributed by atoms with van der Waals surface area (Å²) in [7, 11) is 0. The van der Waals surface area contributed by atoms with Gasteiger partial charge in [0.05, 0.1) is 17.9 Å². The Bertz CT molecular complexity index is 309. The van der Waals surface area contributed by atoms with Gasteiger partial charge in [0.25, 0.3) is 0 Å². The summed E-state index contributed by atoms with van der Waals surface area (Å²) < 4.78 is 0. The molecular weight excluding hydrogens is 212 g/mol. The van der Waals surface area contributed by atoms with Crippen LogP contribution >= 0.6 is 0 Å². The zero-order chi connectivity index (χ0) is 9.84. The Morgan fingerprint density at radius 3 is 1.79 bits per heavy atom. The summed E-state index contributed by atoms with van der Waals surface area (Å²) in [5, 5.41) is 20.8. The van der Waals surface area contributed by atoms with E-state index >= 15 is 0 Å². The summed E-state index contributed by atoms with van der Waals surface area (Å²) in [6.07, 6.45) is 0. The van der Waals surface area contributed by atoms with Crippen molar-refractivity contribution in [1.82, 2.24) is 0 Å². The molecule has 0 aromatic heterocycles. The van der Waals surface area contributed by atoms with Crippen LogP contribution in [0.4, 0.5) is 0 Å². The third kappa shape index (κ3) is 3.29. The number of carboxylic acids is 2. The number of hydrogen-bond donors (Lipinski definition) is 0. The molecule has 0 atom stereocenters. The van der Waals surface area contributed by atoms with Crippen molar-refractivity contribution in [2.75, 3.05) is 0 Å². The average Bonchev–Trinajstić information content (AvgIpc) is 2.04. The zero-order valence-electron chi connectivity index (χ0n) is 7.30. The fourth-order valence-electron chi connectivity index (χ4n) is 1.01. The Morgan fingerprint density at radius 2 is 1.43 bits per heavy atom. The third-order valence-electron chi connectivity index (χ3n) is 1.60. The van der Waals surface area contributed by atoms with Gasteiger partial charge in [0.1, 0.15) is 0 Å². The van der Waals surface area contributed by atoms with Crippen molar-refractivity contribution < 1.29 is 19.8 Å². The van der Waals surface area contributed by atoms with E-state index in [-0.39, 0.29) is 43.3 Å². The maximum Gasteiger partial charge on any atom is 2.00 e. The normalized spacial score (nSPS) is 9.21. The summed E-state index contributed by atoms with van der Waals surface area (Å²) >= 11 is 0. The maximum absolute atomic E-state index is 10.4. The van der Waals surface area contributed by atoms with Crippen LogP contribution in [0.2, 0.25) is 0 Å². The molecule has 0 aliphatic carbocycles. The van der Waals surface area contributed by atoms with Gasteiger partial charge in [-0.05, 0) is 5.56 Å². The molecule has 0 bridgehead atoms. The maximum atomic E-state index is 10.4. The van der Waals surface area contributed by atoms with Crippen LogP contribution in [0.1, 0.15) is 11.5 Å². The van der Waals surface area contributed by atoms with Gasteiger partial charge >= 0.3 is 37.7 Å². The van der Waals surface area contributed by atoms with Crippen LogP contribution in [0.15, 0.2) is 30.3 Å². The van der Waals surface area contributed by atoms with Gasteiger partial charge in [0.15, 0.2) is 0 Å². The van der Waals surface area contributed by atoms with E-state index in [9.17, 15) is 19.8 Å². The SMILES string of the molecule is O=C([O-])C(C(=O)[O-])c1ccccc1.[Ca+2]. The minimum absolute atomic E-state index is 0. The van der Waals surface area contributed by atoms with Crippen LogP contribution < -0.4 is 10.2 Å². The molecule has 0 fully saturated rings. The third-order valence-corrected chi connectivity index (χ3v) is 1.60. The second-order valence-electron chi connectivity index (χ2n) is 2.48. The van der Waals surface area contributed by atoms with Crippen molar-refractivity contribution in [3.05, 3.63) is 35.9 Å². The fourth-order valence-corrected chi connectivity index (χ4v) is 1.01. The van der Waals surface area contributed by atoms with Crippen LogP contribution in [0.25, 0.3) is 0 Å². The predicted molar refractivity (Wildman–Crippen MR) is 45.0 cm³/mol. The van der Waals surface area contributed by atoms with Crippen LogP contribution in [-0.2, 0) is 9.59 Å². The summed E-state index contributed by atoms with van der Waals surface area (Å²) in [4.78, 5) is 20.8. The molecule has 0 unspecified atom stereocenters. The Labute approximate surface area is 111 Å². The van der Waals surface area contributed by atoms with Crippen LogP contribution in [0, 0.1) is 0 Å². The van der Waals surface area contributed by atoms with Crippen molar-refractivity contribution >= 4 is 49.7 Å². The number of aliphatic carboxylic acids is 2. The molecule has 0 amide bonds. The summed E-state index contributed by atoms with van der Waals surface area (Å²) in [6, 6.07) is 7.56. The van der Waals surface area contributed by atoms with E-state index in [2.05, 4.69) is 0 Å². The number of carboxylic acid groups (broad SMARTS) is 2. The monoisotopic (exact) mass is 218 g/mol. The number of carbonyl (C=O) groups excluding carboxylic acids is 2. The molecule has 0 saturated heterocycles. The van der Waals surface area contributed by atoms with Gasteiger partial charge in [0, 0.05) is 0 Å². The molecule has 0 aliphatic heterocycles. The summed E-state index contributed by atoms with van der Waals surface area (Å²) in [6.45, 7) is 0. The molecule has 4 nitrogen and oxygen atoms in total. The second-order valence-corrected chi connectivity index (χ2v) is 2.48. The number of hydrogen-bond acceptors (Lipinski definition) is 4. The molecule has 0 N–H and O–H groups in total. The van der Waals surface area contributed by atoms with E-state index in [4.69, 9.17) is 0 Å². The van der Waals surface area contributed by atoms with Crippen molar-refractivity contribution in [1.29, 1.82) is 0 Å². The largest absolute Gasteiger partial charge is 2.00 e. The topological polar surface area (TPSA) is 80.3 Å². The Kier molecular flexibility index (Phi) is 5.76. The number of benzene rings is 1. The molecule has 0 heterocycles. The Balaban J connectivity index is 0.00000169. The molecule has 1 rings (SSSR count). The van der Waals surface area contributed by atoms with Gasteiger partial charge in [0.2, 0.25) is 0 Å². The fraction of sp³-hybridized carbons (Fsp3) is 0.111. The summed E-state index contributed by atoms with van der Waals surface area (Å²) in [5.41, 5.74) is 0.155. The zero-order valence-corrected chi connectivity index (χ0v) is 9.51. The first-order valence-corrected chi connectivity index (χ1v) is 3.59. The van der Waals surface area contributed by atoms with E-state index in [1.165, 1.54) is 12.1 Å². The van der Waals surface area contributed by atoms with E-state index < -0.39 is 17.9 Å². The molecule has 1 aromatic rings. The quantitative estimate of drug-likeness (QED) is 0.429. The molecule has 5 heteroatoms. The van der Waals surface area contributed by atoms with Gasteiger partial charge in [-0.3, -0.25) is 0 Å². The van der Waals surface area contributed by atoms with Gasteiger partial charge in [-0.2, -0.15) is 0 Å². The first kappa shape index (κ1) is 13.4. The van der Waals surface area contributed by atoms with Gasteiger partial charge in [-0.1, -0.05) is 30.3 Å². The first-order chi connectivity index (χ1) is 6.13. The van der Waals surface area contributed by atoms with Crippen molar-refractivity contribution in [3.63, 3.8) is 0 Å². The predicted octanol–water partition coefficient (Wildman–Crippen LogP) is -2.11. The van der Waals surface area contributed by atoms with Gasteiger partial charge in [-0.25, -0.2) is 0 Å². The molecule has 0 saturated carbocycles. The van der Waals surface area contributed by atoms with Gasteiger partial charge in [-0.15, -0.1) is 0 Å². The number of carbonyl (C=O) groups is 2. The van der Waals surface area contributed by atoms with Crippen LogP contribution in [0.3, 0.4) is 0 Å². The second kappa shape index (κ2) is 6.01. The molecule has 1 aromatic carbocycles. The van der Waals surface area contributed by atoms with E-state index in [0.717, 1.165) is 0 Å². The number of rotatable bonds is 3. The van der Waals surface area contributed by atoms with Crippen molar-refractivity contribution in [3.8, 4) is 0 Å². The molecule has 0 aliphatic rings. The van der Waals surface area contributed by atoms with Crippen LogP contribution in [0.5, 0.6) is 0 Å². The van der Waals surface area contributed by atoms with Crippen molar-refractivity contribution in [2.45, 2.75) is 5.92 Å².